The molecule has 120 valence electrons. The summed E-state index contributed by atoms with van der Waals surface area (Å²) in [5, 5.41) is 1.31. The minimum atomic E-state index is 0.503. The van der Waals surface area contributed by atoms with Crippen LogP contribution in [0.25, 0.3) is 0 Å². The number of carbonyl (C=O) groups excluding carboxylic acids is 1. The second-order valence-corrected chi connectivity index (χ2v) is 9.06. The Labute approximate surface area is 135 Å². The normalized spacial score (nSPS) is 32.5. The monoisotopic (exact) mass is 308 g/mol. The van der Waals surface area contributed by atoms with E-state index in [1.165, 1.54) is 44.9 Å². The lowest BCUT2D eigenvalue weighted by atomic mass is 9.77. The van der Waals surface area contributed by atoms with Gasteiger partial charge in [-0.25, -0.2) is 0 Å². The van der Waals surface area contributed by atoms with Gasteiger partial charge in [0, 0.05) is 16.9 Å². The summed E-state index contributed by atoms with van der Waals surface area (Å²) in [6.07, 6.45) is 13.9. The Morgan fingerprint density at radius 3 is 2.81 bits per heavy atom. The zero-order valence-electron chi connectivity index (χ0n) is 14.0. The maximum Gasteiger partial charge on any atom is 0.121 e. The topological polar surface area (TPSA) is 17.1 Å². The lowest BCUT2D eigenvalue weighted by molar-refractivity contribution is -0.107. The van der Waals surface area contributed by atoms with Gasteiger partial charge in [0.2, 0.25) is 0 Å². The Hall–Kier alpha value is -0.240. The predicted molar refractivity (Wildman–Crippen MR) is 93.7 cm³/mol. The highest BCUT2D eigenvalue weighted by atomic mass is 32.2. The van der Waals surface area contributed by atoms with Crippen molar-refractivity contribution in [1.82, 2.24) is 0 Å². The second kappa shape index (κ2) is 8.41. The Bertz CT molecular complexity index is 363. The molecule has 2 aliphatic carbocycles. The van der Waals surface area contributed by atoms with Crippen molar-refractivity contribution in [3.63, 3.8) is 0 Å². The molecule has 21 heavy (non-hydrogen) atoms. The summed E-state index contributed by atoms with van der Waals surface area (Å²) in [5.41, 5.74) is 1.59. The number of allylic oxidation sites excluding steroid dienone is 2. The molecule has 0 aromatic carbocycles. The van der Waals surface area contributed by atoms with Crippen LogP contribution < -0.4 is 0 Å². The zero-order valence-corrected chi connectivity index (χ0v) is 14.8. The van der Waals surface area contributed by atoms with E-state index in [9.17, 15) is 4.79 Å². The van der Waals surface area contributed by atoms with Gasteiger partial charge in [-0.3, -0.25) is 0 Å². The van der Waals surface area contributed by atoms with Gasteiger partial charge in [0.1, 0.15) is 6.29 Å². The summed E-state index contributed by atoms with van der Waals surface area (Å²) in [5.74, 6) is 2.67. The quantitative estimate of drug-likeness (QED) is 0.447. The Morgan fingerprint density at radius 2 is 2.14 bits per heavy atom. The Kier molecular flexibility index (Phi) is 6.85. The molecule has 0 aromatic rings. The molecular weight excluding hydrogens is 276 g/mol. The first-order chi connectivity index (χ1) is 10.1. The molecule has 0 heterocycles. The summed E-state index contributed by atoms with van der Waals surface area (Å²) in [6, 6.07) is 0. The lowest BCUT2D eigenvalue weighted by Gasteiger charge is -2.31. The average molecular weight is 309 g/mol. The van der Waals surface area contributed by atoms with Crippen molar-refractivity contribution in [2.45, 2.75) is 82.6 Å². The fraction of sp³-hybridized carbons (Fsp3) is 0.842. The van der Waals surface area contributed by atoms with Crippen LogP contribution in [0, 0.1) is 17.8 Å². The van der Waals surface area contributed by atoms with Gasteiger partial charge >= 0.3 is 0 Å². The summed E-state index contributed by atoms with van der Waals surface area (Å²) in [4.78, 5) is 10.7. The number of hydrogen-bond acceptors (Lipinski definition) is 2. The zero-order chi connectivity index (χ0) is 15.2. The van der Waals surface area contributed by atoms with Crippen molar-refractivity contribution in [2.24, 2.45) is 17.8 Å². The van der Waals surface area contributed by atoms with Crippen LogP contribution >= 0.6 is 11.8 Å². The van der Waals surface area contributed by atoms with Gasteiger partial charge in [-0.2, -0.15) is 11.8 Å². The van der Waals surface area contributed by atoms with Crippen LogP contribution in [0.1, 0.15) is 72.1 Å². The van der Waals surface area contributed by atoms with Crippen LogP contribution in [-0.4, -0.2) is 16.8 Å². The van der Waals surface area contributed by atoms with Gasteiger partial charge in [0.15, 0.2) is 0 Å². The standard InChI is InChI=1S/C19H32OS/c1-14-7-9-17(10-8-14)15(2)13-18-5-4-6-19(18)21-16(3)11-12-20/h7,12,15-19H,4-6,8-11,13H2,1-3H3. The van der Waals surface area contributed by atoms with Crippen molar-refractivity contribution < 1.29 is 4.79 Å². The number of carbonyl (C=O) groups is 1. The summed E-state index contributed by atoms with van der Waals surface area (Å²) in [7, 11) is 0. The van der Waals surface area contributed by atoms with E-state index in [1.54, 1.807) is 5.57 Å². The van der Waals surface area contributed by atoms with Gasteiger partial charge < -0.3 is 4.79 Å². The Balaban J connectivity index is 1.81. The summed E-state index contributed by atoms with van der Waals surface area (Å²) < 4.78 is 0. The van der Waals surface area contributed by atoms with E-state index in [-0.39, 0.29) is 0 Å². The van der Waals surface area contributed by atoms with Crippen molar-refractivity contribution in [2.75, 3.05) is 0 Å². The predicted octanol–water partition coefficient (Wildman–Crippen LogP) is 5.64. The molecule has 5 unspecified atom stereocenters. The average Bonchev–Trinajstić information content (AvgIpc) is 2.87. The third kappa shape index (κ3) is 5.16. The third-order valence-corrected chi connectivity index (χ3v) is 7.21. The molecule has 0 amide bonds. The maximum absolute atomic E-state index is 10.7. The first-order valence-corrected chi connectivity index (χ1v) is 9.79. The van der Waals surface area contributed by atoms with E-state index in [1.807, 2.05) is 0 Å². The largest absolute Gasteiger partial charge is 0.303 e. The molecule has 2 heteroatoms. The van der Waals surface area contributed by atoms with Gasteiger partial charge in [0.25, 0.3) is 0 Å². The molecule has 0 N–H and O–H groups in total. The van der Waals surface area contributed by atoms with E-state index in [2.05, 4.69) is 38.6 Å². The fourth-order valence-electron chi connectivity index (χ4n) is 4.11. The molecule has 1 fully saturated rings. The van der Waals surface area contributed by atoms with Crippen molar-refractivity contribution >= 4 is 18.0 Å². The summed E-state index contributed by atoms with van der Waals surface area (Å²) >= 11 is 2.09. The molecular formula is C19H32OS. The number of aldehydes is 1. The fourth-order valence-corrected chi connectivity index (χ4v) is 5.67. The molecule has 2 aliphatic rings. The molecule has 0 aromatic heterocycles. The molecule has 0 radical (unpaired) electrons. The molecule has 1 saturated carbocycles. The van der Waals surface area contributed by atoms with Crippen LogP contribution in [0.5, 0.6) is 0 Å². The molecule has 2 rings (SSSR count). The molecule has 1 nitrogen and oxygen atoms in total. The summed E-state index contributed by atoms with van der Waals surface area (Å²) in [6.45, 7) is 6.97. The minimum absolute atomic E-state index is 0.503. The molecule has 5 atom stereocenters. The molecule has 0 spiro atoms. The van der Waals surface area contributed by atoms with E-state index in [4.69, 9.17) is 0 Å². The van der Waals surface area contributed by atoms with Gasteiger partial charge in [-0.1, -0.05) is 31.9 Å². The van der Waals surface area contributed by atoms with Gasteiger partial charge in [0.05, 0.1) is 0 Å². The van der Waals surface area contributed by atoms with E-state index < -0.39 is 0 Å². The highest BCUT2D eigenvalue weighted by Crippen LogP contribution is 2.43. The molecule has 0 bridgehead atoms. The molecule has 0 saturated heterocycles. The molecule has 0 aliphatic heterocycles. The first kappa shape index (κ1) is 17.1. The van der Waals surface area contributed by atoms with Crippen LogP contribution in [0.4, 0.5) is 0 Å². The van der Waals surface area contributed by atoms with Crippen molar-refractivity contribution in [3.8, 4) is 0 Å². The number of rotatable bonds is 7. The first-order valence-electron chi connectivity index (χ1n) is 8.84. The lowest BCUT2D eigenvalue weighted by Crippen LogP contribution is -2.21. The number of hydrogen-bond donors (Lipinski definition) is 0. The smallest absolute Gasteiger partial charge is 0.121 e. The van der Waals surface area contributed by atoms with Crippen LogP contribution in [0.3, 0.4) is 0 Å². The van der Waals surface area contributed by atoms with Gasteiger partial charge in [-0.15, -0.1) is 0 Å². The second-order valence-electron chi connectivity index (χ2n) is 7.38. The van der Waals surface area contributed by atoms with Gasteiger partial charge in [-0.05, 0) is 63.2 Å². The van der Waals surface area contributed by atoms with Crippen LogP contribution in [0.2, 0.25) is 0 Å². The van der Waals surface area contributed by atoms with E-state index in [0.29, 0.717) is 5.25 Å². The van der Waals surface area contributed by atoms with Crippen LogP contribution in [-0.2, 0) is 4.79 Å². The highest BCUT2D eigenvalue weighted by molar-refractivity contribution is 8.00. The van der Waals surface area contributed by atoms with Crippen molar-refractivity contribution in [3.05, 3.63) is 11.6 Å². The third-order valence-electron chi connectivity index (χ3n) is 5.58. The van der Waals surface area contributed by atoms with Crippen molar-refractivity contribution in [1.29, 1.82) is 0 Å². The highest BCUT2D eigenvalue weighted by Gasteiger charge is 2.32. The number of thioether (sulfide) groups is 1. The van der Waals surface area contributed by atoms with Crippen LogP contribution in [0.15, 0.2) is 11.6 Å². The van der Waals surface area contributed by atoms with E-state index in [0.717, 1.165) is 35.7 Å². The Morgan fingerprint density at radius 1 is 1.33 bits per heavy atom. The van der Waals surface area contributed by atoms with E-state index >= 15 is 0 Å². The SMILES string of the molecule is CC1=CCC(C(C)CC2CCCC2SC(C)CC=O)CC1. The minimum Gasteiger partial charge on any atom is -0.303 e. The maximum atomic E-state index is 10.7.